The molecule has 2 N–H and O–H groups in total. The Morgan fingerprint density at radius 2 is 1.74 bits per heavy atom. The van der Waals surface area contributed by atoms with E-state index in [1.54, 1.807) is 12.4 Å². The quantitative estimate of drug-likeness (QED) is 0.391. The van der Waals surface area contributed by atoms with Gasteiger partial charge in [-0.15, -0.1) is 0 Å². The van der Waals surface area contributed by atoms with Crippen LogP contribution >= 0.6 is 0 Å². The summed E-state index contributed by atoms with van der Waals surface area (Å²) in [5.74, 6) is 1.30. The molecule has 0 unspecified atom stereocenters. The number of nitrogens with one attached hydrogen (secondary N) is 2. The summed E-state index contributed by atoms with van der Waals surface area (Å²) in [5, 5.41) is 14.9. The zero-order chi connectivity index (χ0) is 26.6. The fourth-order valence-corrected chi connectivity index (χ4v) is 4.60. The van der Waals surface area contributed by atoms with Gasteiger partial charge in [0.25, 0.3) is 0 Å². The minimum Gasteiger partial charge on any atom is -0.378 e. The molecule has 0 aliphatic carbocycles. The molecule has 6 rings (SSSR count). The molecule has 4 aromatic rings. The van der Waals surface area contributed by atoms with Crippen LogP contribution in [-0.4, -0.2) is 53.8 Å². The lowest BCUT2D eigenvalue weighted by molar-refractivity contribution is 0.122. The van der Waals surface area contributed by atoms with Crippen molar-refractivity contribution in [1.29, 1.82) is 5.26 Å². The van der Waals surface area contributed by atoms with Crippen molar-refractivity contribution >= 4 is 28.8 Å². The summed E-state index contributed by atoms with van der Waals surface area (Å²) >= 11 is 0. The van der Waals surface area contributed by atoms with Gasteiger partial charge in [0, 0.05) is 53.7 Å². The minimum absolute atomic E-state index is 0.480. The number of anilines is 4. The van der Waals surface area contributed by atoms with Crippen LogP contribution in [0.25, 0.3) is 11.3 Å². The van der Waals surface area contributed by atoms with Gasteiger partial charge in [0.2, 0.25) is 5.95 Å². The number of hydrazine groups is 1. The van der Waals surface area contributed by atoms with E-state index in [2.05, 4.69) is 42.7 Å². The summed E-state index contributed by atoms with van der Waals surface area (Å²) < 4.78 is 5.48. The third kappa shape index (κ3) is 5.49. The number of pyridine rings is 1. The van der Waals surface area contributed by atoms with E-state index in [4.69, 9.17) is 9.72 Å². The second kappa shape index (κ2) is 10.8. The highest BCUT2D eigenvalue weighted by atomic mass is 16.5. The molecule has 2 aromatic carbocycles. The first-order chi connectivity index (χ1) is 19.1. The van der Waals surface area contributed by atoms with E-state index in [9.17, 15) is 5.26 Å². The number of aryl methyl sites for hydroxylation is 1. The SMILES string of the molecule is Cc1cc(C2=NCN(c3ccc(Nc4nccc(-c5cc(C#N)cc(N6CCOCC6)c5)n4)cc3)N2)ccn1. The number of rotatable bonds is 6. The van der Waals surface area contributed by atoms with E-state index in [-0.39, 0.29) is 0 Å². The molecule has 10 nitrogen and oxygen atoms in total. The van der Waals surface area contributed by atoms with Crippen LogP contribution in [0.3, 0.4) is 0 Å². The Morgan fingerprint density at radius 3 is 2.54 bits per heavy atom. The summed E-state index contributed by atoms with van der Waals surface area (Å²) in [4.78, 5) is 20.2. The first-order valence-electron chi connectivity index (χ1n) is 12.7. The van der Waals surface area contributed by atoms with Crippen LogP contribution in [0, 0.1) is 18.3 Å². The van der Waals surface area contributed by atoms with Gasteiger partial charge in [-0.1, -0.05) is 0 Å². The lowest BCUT2D eigenvalue weighted by atomic mass is 10.1. The Balaban J connectivity index is 1.15. The fourth-order valence-electron chi connectivity index (χ4n) is 4.60. The molecule has 1 saturated heterocycles. The molecule has 2 aliphatic rings. The Kier molecular flexibility index (Phi) is 6.72. The number of morpholine rings is 1. The van der Waals surface area contributed by atoms with E-state index in [0.717, 1.165) is 58.5 Å². The summed E-state index contributed by atoms with van der Waals surface area (Å²) in [6.07, 6.45) is 3.51. The third-order valence-electron chi connectivity index (χ3n) is 6.59. The molecular weight excluding hydrogens is 490 g/mol. The largest absolute Gasteiger partial charge is 0.378 e. The van der Waals surface area contributed by atoms with E-state index in [1.807, 2.05) is 66.5 Å². The standard InChI is InChI=1S/C29H27N9O/c1-20-14-22(6-8-31-20)28-33-19-38(36-28)25-4-2-24(3-5-25)34-29-32-9-7-27(35-29)23-15-21(18-30)16-26(17-23)37-10-12-39-13-11-37/h2-9,14-17H,10-13,19H2,1H3,(H,33,36)(H,32,34,35). The summed E-state index contributed by atoms with van der Waals surface area (Å²) in [5.41, 5.74) is 10.4. The van der Waals surface area contributed by atoms with Gasteiger partial charge in [-0.25, -0.2) is 15.0 Å². The van der Waals surface area contributed by atoms with Gasteiger partial charge in [0.15, 0.2) is 0 Å². The Hall–Kier alpha value is -5.01. The van der Waals surface area contributed by atoms with Gasteiger partial charge in [-0.2, -0.15) is 5.26 Å². The molecule has 0 atom stereocenters. The topological polar surface area (TPSA) is 115 Å². The van der Waals surface area contributed by atoms with Crippen molar-refractivity contribution in [3.63, 3.8) is 0 Å². The smallest absolute Gasteiger partial charge is 0.227 e. The normalized spacial score (nSPS) is 14.9. The van der Waals surface area contributed by atoms with Crippen molar-refractivity contribution in [3.05, 3.63) is 89.9 Å². The second-order valence-corrected chi connectivity index (χ2v) is 9.29. The minimum atomic E-state index is 0.480. The van der Waals surface area contributed by atoms with E-state index in [0.29, 0.717) is 31.4 Å². The van der Waals surface area contributed by atoms with Crippen LogP contribution in [0.2, 0.25) is 0 Å². The first-order valence-corrected chi connectivity index (χ1v) is 12.7. The molecule has 10 heteroatoms. The van der Waals surface area contributed by atoms with Gasteiger partial charge in [0.1, 0.15) is 12.5 Å². The number of hydrogen-bond acceptors (Lipinski definition) is 10. The van der Waals surface area contributed by atoms with Crippen LogP contribution in [0.15, 0.2) is 78.0 Å². The zero-order valence-electron chi connectivity index (χ0n) is 21.5. The zero-order valence-corrected chi connectivity index (χ0v) is 21.5. The predicted molar refractivity (Wildman–Crippen MR) is 151 cm³/mol. The van der Waals surface area contributed by atoms with Gasteiger partial charge in [-0.3, -0.25) is 15.4 Å². The molecule has 2 aliphatic heterocycles. The molecule has 0 spiro atoms. The van der Waals surface area contributed by atoms with Crippen LogP contribution in [0.4, 0.5) is 23.0 Å². The highest BCUT2D eigenvalue weighted by Gasteiger charge is 2.17. The second-order valence-electron chi connectivity index (χ2n) is 9.29. The molecule has 1 fully saturated rings. The molecule has 2 aromatic heterocycles. The number of amidine groups is 1. The Bertz CT molecular complexity index is 1560. The Labute approximate surface area is 226 Å². The molecule has 0 amide bonds. The van der Waals surface area contributed by atoms with Crippen LogP contribution < -0.4 is 20.7 Å². The van der Waals surface area contributed by atoms with E-state index in [1.165, 1.54) is 0 Å². The van der Waals surface area contributed by atoms with Crippen molar-refractivity contribution in [2.24, 2.45) is 4.99 Å². The number of ether oxygens (including phenoxy) is 1. The van der Waals surface area contributed by atoms with E-state index < -0.39 is 0 Å². The predicted octanol–water partition coefficient (Wildman–Crippen LogP) is 4.03. The number of aliphatic imine (C=N–C) groups is 1. The maximum Gasteiger partial charge on any atom is 0.227 e. The molecule has 0 saturated carbocycles. The van der Waals surface area contributed by atoms with Gasteiger partial charge in [0.05, 0.1) is 36.2 Å². The maximum absolute atomic E-state index is 9.61. The van der Waals surface area contributed by atoms with Crippen molar-refractivity contribution in [2.75, 3.05) is 48.2 Å². The summed E-state index contributed by atoms with van der Waals surface area (Å²) in [7, 11) is 0. The van der Waals surface area contributed by atoms with E-state index >= 15 is 0 Å². The van der Waals surface area contributed by atoms with Crippen molar-refractivity contribution < 1.29 is 4.74 Å². The average molecular weight is 518 g/mol. The number of hydrogen-bond donors (Lipinski definition) is 2. The molecular formula is C29H27N9O. The maximum atomic E-state index is 9.61. The molecule has 0 radical (unpaired) electrons. The lowest BCUT2D eigenvalue weighted by Gasteiger charge is -2.29. The van der Waals surface area contributed by atoms with Crippen LogP contribution in [-0.2, 0) is 4.74 Å². The highest BCUT2D eigenvalue weighted by Crippen LogP contribution is 2.28. The number of aromatic nitrogens is 3. The average Bonchev–Trinajstić information content (AvgIpc) is 3.48. The number of nitriles is 1. The molecule has 0 bridgehead atoms. The first kappa shape index (κ1) is 24.3. The number of benzene rings is 2. The van der Waals surface area contributed by atoms with Crippen molar-refractivity contribution in [3.8, 4) is 17.3 Å². The Morgan fingerprint density at radius 1 is 0.923 bits per heavy atom. The van der Waals surface area contributed by atoms with Crippen molar-refractivity contribution in [2.45, 2.75) is 6.92 Å². The van der Waals surface area contributed by atoms with Crippen molar-refractivity contribution in [1.82, 2.24) is 20.4 Å². The monoisotopic (exact) mass is 517 g/mol. The lowest BCUT2D eigenvalue weighted by Crippen LogP contribution is -2.36. The van der Waals surface area contributed by atoms with Crippen LogP contribution in [0.1, 0.15) is 16.8 Å². The fraction of sp³-hybridized carbons (Fsp3) is 0.207. The van der Waals surface area contributed by atoms with Gasteiger partial charge >= 0.3 is 0 Å². The molecule has 39 heavy (non-hydrogen) atoms. The summed E-state index contributed by atoms with van der Waals surface area (Å²) in [6.45, 7) is 5.43. The van der Waals surface area contributed by atoms with Crippen LogP contribution in [0.5, 0.6) is 0 Å². The molecule has 4 heterocycles. The molecule has 194 valence electrons. The highest BCUT2D eigenvalue weighted by molar-refractivity contribution is 6.01. The third-order valence-corrected chi connectivity index (χ3v) is 6.59. The number of nitrogens with zero attached hydrogens (tertiary/aromatic N) is 7. The van der Waals surface area contributed by atoms with Gasteiger partial charge in [-0.05, 0) is 67.6 Å². The van der Waals surface area contributed by atoms with Gasteiger partial charge < -0.3 is 15.0 Å². The summed E-state index contributed by atoms with van der Waals surface area (Å²) in [6, 6.07) is 21.9.